The second-order valence-corrected chi connectivity index (χ2v) is 5.57. The first kappa shape index (κ1) is 13.6. The molecule has 0 saturated carbocycles. The smallest absolute Gasteiger partial charge is 0.173 e. The van der Waals surface area contributed by atoms with Crippen molar-refractivity contribution in [2.24, 2.45) is 5.84 Å². The molecule has 0 amide bonds. The van der Waals surface area contributed by atoms with Crippen LogP contribution in [0.2, 0.25) is 0 Å². The zero-order valence-corrected chi connectivity index (χ0v) is 11.9. The van der Waals surface area contributed by atoms with E-state index in [-0.39, 0.29) is 10.5 Å². The number of nitrogens with one attached hydrogen (secondary N) is 1. The first-order valence-electron chi connectivity index (χ1n) is 5.19. The molecule has 1 aromatic carbocycles. The summed E-state index contributed by atoms with van der Waals surface area (Å²) in [5.41, 5.74) is 4.27. The molecule has 1 unspecified atom stereocenters. The monoisotopic (exact) mass is 332 g/mol. The second kappa shape index (κ2) is 5.44. The highest BCUT2D eigenvalue weighted by atomic mass is 79.9. The Kier molecular flexibility index (Phi) is 4.11. The lowest BCUT2D eigenvalue weighted by Crippen LogP contribution is -2.29. The normalized spacial score (nSPS) is 12.7. The van der Waals surface area contributed by atoms with E-state index in [2.05, 4.69) is 21.4 Å². The van der Waals surface area contributed by atoms with Gasteiger partial charge in [-0.05, 0) is 51.5 Å². The van der Waals surface area contributed by atoms with Crippen LogP contribution in [0.5, 0.6) is 0 Å². The van der Waals surface area contributed by atoms with E-state index in [1.807, 2.05) is 18.4 Å². The molecule has 2 aromatic rings. The minimum Gasteiger partial charge on any atom is -0.271 e. The van der Waals surface area contributed by atoms with Crippen LogP contribution < -0.4 is 11.3 Å². The first-order valence-corrected chi connectivity index (χ1v) is 6.87. The molecule has 1 atom stereocenters. The maximum Gasteiger partial charge on any atom is 0.173 e. The van der Waals surface area contributed by atoms with Crippen LogP contribution in [-0.2, 0) is 0 Å². The average molecular weight is 333 g/mol. The van der Waals surface area contributed by atoms with E-state index in [4.69, 9.17) is 5.84 Å². The first-order chi connectivity index (χ1) is 8.56. The van der Waals surface area contributed by atoms with Crippen LogP contribution in [0, 0.1) is 18.6 Å². The van der Waals surface area contributed by atoms with Crippen LogP contribution in [0.25, 0.3) is 0 Å². The number of rotatable bonds is 3. The van der Waals surface area contributed by atoms with Gasteiger partial charge in [-0.2, -0.15) is 0 Å². The van der Waals surface area contributed by atoms with Crippen molar-refractivity contribution in [2.75, 3.05) is 0 Å². The minimum absolute atomic E-state index is 0.0956. The summed E-state index contributed by atoms with van der Waals surface area (Å²) in [6.45, 7) is 1.95. The van der Waals surface area contributed by atoms with Gasteiger partial charge >= 0.3 is 0 Å². The molecule has 0 spiro atoms. The summed E-state index contributed by atoms with van der Waals surface area (Å²) in [6, 6.07) is 4.21. The van der Waals surface area contributed by atoms with E-state index in [0.717, 1.165) is 16.5 Å². The summed E-state index contributed by atoms with van der Waals surface area (Å²) in [7, 11) is 0. The van der Waals surface area contributed by atoms with Gasteiger partial charge in [-0.25, -0.2) is 14.2 Å². The molecule has 2 rings (SSSR count). The van der Waals surface area contributed by atoms with Crippen molar-refractivity contribution in [2.45, 2.75) is 13.0 Å². The predicted octanol–water partition coefficient (Wildman–Crippen LogP) is 3.65. The lowest BCUT2D eigenvalue weighted by Gasteiger charge is -2.18. The van der Waals surface area contributed by atoms with E-state index in [1.54, 1.807) is 0 Å². The fraction of sp³-hybridized carbons (Fsp3) is 0.167. The van der Waals surface area contributed by atoms with Crippen molar-refractivity contribution in [1.29, 1.82) is 0 Å². The predicted molar refractivity (Wildman–Crippen MR) is 72.3 cm³/mol. The van der Waals surface area contributed by atoms with Crippen molar-refractivity contribution >= 4 is 27.3 Å². The fourth-order valence-corrected chi connectivity index (χ4v) is 3.30. The largest absolute Gasteiger partial charge is 0.271 e. The second-order valence-electron chi connectivity index (χ2n) is 3.83. The van der Waals surface area contributed by atoms with Gasteiger partial charge in [-0.1, -0.05) is 6.07 Å². The Morgan fingerprint density at radius 1 is 1.33 bits per heavy atom. The minimum atomic E-state index is -0.901. The number of benzene rings is 1. The number of hydrazine groups is 1. The van der Waals surface area contributed by atoms with Gasteiger partial charge in [0.1, 0.15) is 0 Å². The van der Waals surface area contributed by atoms with Gasteiger partial charge in [-0.3, -0.25) is 5.84 Å². The molecule has 1 aromatic heterocycles. The lowest BCUT2D eigenvalue weighted by molar-refractivity contribution is 0.499. The van der Waals surface area contributed by atoms with Crippen LogP contribution in [0.1, 0.15) is 22.0 Å². The average Bonchev–Trinajstić information content (AvgIpc) is 2.77. The van der Waals surface area contributed by atoms with Gasteiger partial charge < -0.3 is 0 Å². The van der Waals surface area contributed by atoms with Gasteiger partial charge in [0.2, 0.25) is 0 Å². The van der Waals surface area contributed by atoms with Crippen molar-refractivity contribution in [1.82, 2.24) is 5.43 Å². The quantitative estimate of drug-likeness (QED) is 0.511. The Hall–Kier alpha value is -0.820. The number of hydrogen-bond donors (Lipinski definition) is 2. The molecule has 0 radical (unpaired) electrons. The molecule has 3 N–H and O–H groups in total. The van der Waals surface area contributed by atoms with Gasteiger partial charge in [0.05, 0.1) is 10.5 Å². The van der Waals surface area contributed by atoms with Crippen molar-refractivity contribution < 1.29 is 8.78 Å². The van der Waals surface area contributed by atoms with E-state index in [1.165, 1.54) is 17.4 Å². The summed E-state index contributed by atoms with van der Waals surface area (Å²) in [6.07, 6.45) is 0. The van der Waals surface area contributed by atoms with Crippen molar-refractivity contribution in [3.8, 4) is 0 Å². The zero-order valence-electron chi connectivity index (χ0n) is 9.51. The molecule has 0 aliphatic heterocycles. The van der Waals surface area contributed by atoms with Gasteiger partial charge in [-0.15, -0.1) is 11.3 Å². The Bertz CT molecular complexity index is 571. The fourth-order valence-electron chi connectivity index (χ4n) is 1.75. The number of thiophene rings is 1. The summed E-state index contributed by atoms with van der Waals surface area (Å²) in [5, 5.41) is 1.93. The van der Waals surface area contributed by atoms with Gasteiger partial charge in [0.15, 0.2) is 11.6 Å². The summed E-state index contributed by atoms with van der Waals surface area (Å²) in [5.74, 6) is 3.76. The van der Waals surface area contributed by atoms with Crippen LogP contribution in [0.4, 0.5) is 8.78 Å². The molecule has 0 bridgehead atoms. The number of nitrogens with two attached hydrogens (primary N) is 1. The summed E-state index contributed by atoms with van der Waals surface area (Å²) >= 11 is 4.59. The molecule has 18 heavy (non-hydrogen) atoms. The third kappa shape index (κ3) is 2.33. The van der Waals surface area contributed by atoms with Crippen LogP contribution >= 0.6 is 27.3 Å². The van der Waals surface area contributed by atoms with Gasteiger partial charge in [0, 0.05) is 4.88 Å². The van der Waals surface area contributed by atoms with E-state index in [9.17, 15) is 8.78 Å². The van der Waals surface area contributed by atoms with Crippen LogP contribution in [-0.4, -0.2) is 0 Å². The maximum atomic E-state index is 13.5. The van der Waals surface area contributed by atoms with E-state index in [0.29, 0.717) is 5.56 Å². The highest BCUT2D eigenvalue weighted by Crippen LogP contribution is 2.34. The number of hydrogen-bond acceptors (Lipinski definition) is 3. The standard InChI is InChI=1S/C12H11BrF2N2S/c1-6-4-5-18-12(6)11(17-16)7-2-3-8(14)10(15)9(7)13/h2-5,11,17H,16H2,1H3. The number of aryl methyl sites for hydroxylation is 1. The molecule has 2 nitrogen and oxygen atoms in total. The molecule has 1 heterocycles. The zero-order chi connectivity index (χ0) is 13.3. The third-order valence-corrected chi connectivity index (χ3v) is 4.60. The Labute approximate surface area is 116 Å². The lowest BCUT2D eigenvalue weighted by atomic mass is 10.0. The molecular formula is C12H11BrF2N2S. The van der Waals surface area contributed by atoms with Crippen LogP contribution in [0.3, 0.4) is 0 Å². The molecule has 96 valence electrons. The third-order valence-electron chi connectivity index (χ3n) is 2.71. The van der Waals surface area contributed by atoms with Crippen LogP contribution in [0.15, 0.2) is 28.1 Å². The topological polar surface area (TPSA) is 38.0 Å². The molecule has 0 aliphatic rings. The SMILES string of the molecule is Cc1ccsc1C(NN)c1ccc(F)c(F)c1Br. The molecule has 0 aliphatic carbocycles. The summed E-state index contributed by atoms with van der Waals surface area (Å²) < 4.78 is 26.7. The van der Waals surface area contributed by atoms with E-state index >= 15 is 0 Å². The van der Waals surface area contributed by atoms with Crippen molar-refractivity contribution in [3.63, 3.8) is 0 Å². The molecule has 0 saturated heterocycles. The Balaban J connectivity index is 2.53. The summed E-state index contributed by atoms with van der Waals surface area (Å²) in [4.78, 5) is 0.976. The van der Waals surface area contributed by atoms with E-state index < -0.39 is 11.6 Å². The van der Waals surface area contributed by atoms with Crippen molar-refractivity contribution in [3.05, 3.63) is 55.7 Å². The molecule has 6 heteroatoms. The Morgan fingerprint density at radius 3 is 2.61 bits per heavy atom. The number of halogens is 3. The highest BCUT2D eigenvalue weighted by molar-refractivity contribution is 9.10. The highest BCUT2D eigenvalue weighted by Gasteiger charge is 2.21. The molecular weight excluding hydrogens is 322 g/mol. The molecule has 0 fully saturated rings. The Morgan fingerprint density at radius 2 is 2.06 bits per heavy atom. The van der Waals surface area contributed by atoms with Gasteiger partial charge in [0.25, 0.3) is 0 Å². The maximum absolute atomic E-state index is 13.5.